The van der Waals surface area contributed by atoms with E-state index < -0.39 is 11.9 Å². The number of nitrogens with one attached hydrogen (secondary N) is 2. The normalized spacial score (nSPS) is 17.7. The molecule has 1 aliphatic heterocycles. The van der Waals surface area contributed by atoms with Crippen LogP contribution in [0.25, 0.3) is 0 Å². The van der Waals surface area contributed by atoms with Crippen molar-refractivity contribution in [3.05, 3.63) is 53.9 Å². The molecule has 3 rings (SSSR count). The molecule has 130 valence electrons. The van der Waals surface area contributed by atoms with Gasteiger partial charge < -0.3 is 5.32 Å². The van der Waals surface area contributed by atoms with Gasteiger partial charge in [0.2, 0.25) is 5.91 Å². The highest BCUT2D eigenvalue weighted by Crippen LogP contribution is 2.29. The Kier molecular flexibility index (Phi) is 4.43. The predicted octanol–water partition coefficient (Wildman–Crippen LogP) is 3.70. The molecule has 0 saturated heterocycles. The third-order valence-corrected chi connectivity index (χ3v) is 3.78. The summed E-state index contributed by atoms with van der Waals surface area (Å²) in [5, 5.41) is 6.99. The van der Waals surface area contributed by atoms with Crippen molar-refractivity contribution in [1.82, 2.24) is 10.4 Å². The topological polar surface area (TPSA) is 66.4 Å². The smallest absolute Gasteiger partial charge is 0.355 e. The minimum Gasteiger partial charge on any atom is -0.355 e. The Morgan fingerprint density at radius 1 is 1.16 bits per heavy atom. The summed E-state index contributed by atoms with van der Waals surface area (Å²) in [5.41, 5.74) is 4.06. The molecule has 5 nitrogen and oxygen atoms in total. The number of aromatic nitrogens is 1. The van der Waals surface area contributed by atoms with Gasteiger partial charge in [0, 0.05) is 29.9 Å². The van der Waals surface area contributed by atoms with Gasteiger partial charge in [-0.05, 0) is 29.8 Å². The number of benzene rings is 1. The van der Waals surface area contributed by atoms with E-state index in [-0.39, 0.29) is 11.8 Å². The van der Waals surface area contributed by atoms with Crippen LogP contribution in [0.2, 0.25) is 0 Å². The summed E-state index contributed by atoms with van der Waals surface area (Å²) in [6.07, 6.45) is -3.00. The summed E-state index contributed by atoms with van der Waals surface area (Å²) in [7, 11) is 0. The van der Waals surface area contributed by atoms with Crippen LogP contribution in [0.4, 0.5) is 24.5 Å². The average molecular weight is 348 g/mol. The van der Waals surface area contributed by atoms with E-state index in [0.29, 0.717) is 17.8 Å². The van der Waals surface area contributed by atoms with Gasteiger partial charge in [-0.15, -0.1) is 0 Å². The summed E-state index contributed by atoms with van der Waals surface area (Å²) in [6.45, 7) is 1.92. The maximum Gasteiger partial charge on any atom is 0.433 e. The second kappa shape index (κ2) is 6.54. The zero-order valence-corrected chi connectivity index (χ0v) is 13.3. The Balaban J connectivity index is 1.77. The Labute approximate surface area is 142 Å². The van der Waals surface area contributed by atoms with Crippen LogP contribution in [0, 0.1) is 5.92 Å². The largest absolute Gasteiger partial charge is 0.433 e. The van der Waals surface area contributed by atoms with Crippen molar-refractivity contribution in [2.24, 2.45) is 11.0 Å². The molecule has 0 saturated carbocycles. The highest BCUT2D eigenvalue weighted by atomic mass is 19.4. The van der Waals surface area contributed by atoms with Gasteiger partial charge in [0.25, 0.3) is 0 Å². The van der Waals surface area contributed by atoms with E-state index in [4.69, 9.17) is 0 Å². The molecule has 1 unspecified atom stereocenters. The first kappa shape index (κ1) is 16.9. The Bertz CT molecular complexity index is 815. The lowest BCUT2D eigenvalue weighted by atomic mass is 9.94. The van der Waals surface area contributed by atoms with E-state index >= 15 is 0 Å². The van der Waals surface area contributed by atoms with Crippen LogP contribution in [-0.2, 0) is 11.0 Å². The number of halogens is 3. The predicted molar refractivity (Wildman–Crippen MR) is 87.4 cm³/mol. The molecule has 0 fully saturated rings. The summed E-state index contributed by atoms with van der Waals surface area (Å²) in [6, 6.07) is 9.52. The Morgan fingerprint density at radius 3 is 2.52 bits per heavy atom. The van der Waals surface area contributed by atoms with Crippen LogP contribution < -0.4 is 10.7 Å². The number of hydrogen-bond acceptors (Lipinski definition) is 4. The van der Waals surface area contributed by atoms with E-state index in [1.165, 1.54) is 6.07 Å². The molecule has 0 radical (unpaired) electrons. The van der Waals surface area contributed by atoms with Crippen molar-refractivity contribution < 1.29 is 18.0 Å². The third-order valence-electron chi connectivity index (χ3n) is 3.78. The molecule has 8 heteroatoms. The number of pyridine rings is 1. The number of alkyl halides is 3. The molecule has 1 aromatic carbocycles. The zero-order chi connectivity index (χ0) is 18.0. The van der Waals surface area contributed by atoms with Crippen LogP contribution in [-0.4, -0.2) is 16.6 Å². The number of hydrogen-bond donors (Lipinski definition) is 2. The van der Waals surface area contributed by atoms with E-state index in [2.05, 4.69) is 20.8 Å². The van der Waals surface area contributed by atoms with Crippen molar-refractivity contribution in [2.75, 3.05) is 5.32 Å². The lowest BCUT2D eigenvalue weighted by molar-refractivity contribution is -0.141. The van der Waals surface area contributed by atoms with Crippen LogP contribution in [0.15, 0.2) is 47.7 Å². The van der Waals surface area contributed by atoms with E-state index in [0.717, 1.165) is 23.5 Å². The number of carbonyl (C=O) groups excluding carboxylic acids is 1. The maximum absolute atomic E-state index is 12.7. The summed E-state index contributed by atoms with van der Waals surface area (Å²) in [4.78, 5) is 14.6. The van der Waals surface area contributed by atoms with Crippen LogP contribution >= 0.6 is 0 Å². The van der Waals surface area contributed by atoms with Crippen LogP contribution in [0.3, 0.4) is 0 Å². The molecular weight excluding hydrogens is 333 g/mol. The number of anilines is 2. The molecule has 0 bridgehead atoms. The minimum atomic E-state index is -4.48. The molecular formula is C17H15F3N4O. The van der Waals surface area contributed by atoms with Gasteiger partial charge in [0.05, 0.1) is 5.71 Å². The van der Waals surface area contributed by atoms with Crippen LogP contribution in [0.1, 0.15) is 24.6 Å². The fraction of sp³-hybridized carbons (Fsp3) is 0.235. The first-order valence-corrected chi connectivity index (χ1v) is 7.60. The van der Waals surface area contributed by atoms with Gasteiger partial charge >= 0.3 is 6.18 Å². The molecule has 0 spiro atoms. The minimum absolute atomic E-state index is 0.00195. The van der Waals surface area contributed by atoms with Crippen molar-refractivity contribution in [1.29, 1.82) is 0 Å². The third kappa shape index (κ3) is 3.96. The number of amides is 1. The molecule has 0 aliphatic carbocycles. The second-order valence-electron chi connectivity index (χ2n) is 5.77. The zero-order valence-electron chi connectivity index (χ0n) is 13.3. The van der Waals surface area contributed by atoms with E-state index in [1.54, 1.807) is 24.3 Å². The van der Waals surface area contributed by atoms with Gasteiger partial charge in [-0.25, -0.2) is 5.43 Å². The lowest BCUT2D eigenvalue weighted by Crippen LogP contribution is -2.31. The SMILES string of the molecule is CC1CC(=O)NN=C1c1ccc(Nc2ccnc(C(F)(F)F)c2)cc1. The molecule has 2 aromatic rings. The van der Waals surface area contributed by atoms with Gasteiger partial charge in [0.15, 0.2) is 0 Å². The number of hydrazone groups is 1. The Morgan fingerprint density at radius 2 is 1.88 bits per heavy atom. The molecule has 1 aliphatic rings. The fourth-order valence-corrected chi connectivity index (χ4v) is 2.56. The summed E-state index contributed by atoms with van der Waals surface area (Å²) in [5.74, 6) is -0.116. The maximum atomic E-state index is 12.7. The molecule has 2 heterocycles. The Hall–Kier alpha value is -2.90. The first-order valence-electron chi connectivity index (χ1n) is 7.60. The summed E-state index contributed by atoms with van der Waals surface area (Å²) >= 11 is 0. The van der Waals surface area contributed by atoms with Gasteiger partial charge in [0.1, 0.15) is 5.69 Å². The molecule has 1 atom stereocenters. The number of nitrogens with zero attached hydrogens (tertiary/aromatic N) is 2. The van der Waals surface area contributed by atoms with E-state index in [9.17, 15) is 18.0 Å². The second-order valence-corrected chi connectivity index (χ2v) is 5.77. The fourth-order valence-electron chi connectivity index (χ4n) is 2.56. The molecule has 25 heavy (non-hydrogen) atoms. The molecule has 2 N–H and O–H groups in total. The van der Waals surface area contributed by atoms with Crippen molar-refractivity contribution in [3.8, 4) is 0 Å². The molecule has 1 aromatic heterocycles. The van der Waals surface area contributed by atoms with Gasteiger partial charge in [-0.3, -0.25) is 9.78 Å². The quantitative estimate of drug-likeness (QED) is 0.889. The average Bonchev–Trinajstić information content (AvgIpc) is 2.55. The monoisotopic (exact) mass is 348 g/mol. The van der Waals surface area contributed by atoms with E-state index in [1.807, 2.05) is 6.92 Å². The summed E-state index contributed by atoms with van der Waals surface area (Å²) < 4.78 is 38.1. The number of carbonyl (C=O) groups is 1. The van der Waals surface area contributed by atoms with Crippen molar-refractivity contribution in [3.63, 3.8) is 0 Å². The van der Waals surface area contributed by atoms with Crippen molar-refractivity contribution in [2.45, 2.75) is 19.5 Å². The van der Waals surface area contributed by atoms with Crippen molar-refractivity contribution >= 4 is 23.0 Å². The number of rotatable bonds is 3. The standard InChI is InChI=1S/C17H15F3N4O/c1-10-8-15(25)23-24-16(10)11-2-4-12(5-3-11)22-13-6-7-21-14(9-13)17(18,19)20/h2-7,9-10H,8H2,1H3,(H,21,22)(H,23,25). The highest BCUT2D eigenvalue weighted by molar-refractivity contribution is 6.05. The van der Waals surface area contributed by atoms with Gasteiger partial charge in [-0.1, -0.05) is 19.1 Å². The van der Waals surface area contributed by atoms with Gasteiger partial charge in [-0.2, -0.15) is 18.3 Å². The first-order chi connectivity index (χ1) is 11.8. The lowest BCUT2D eigenvalue weighted by Gasteiger charge is -2.19. The highest BCUT2D eigenvalue weighted by Gasteiger charge is 2.32. The van der Waals surface area contributed by atoms with Crippen LogP contribution in [0.5, 0.6) is 0 Å². The molecule has 1 amide bonds.